The molecule has 0 saturated carbocycles. The van der Waals surface area contributed by atoms with E-state index < -0.39 is 0 Å². The van der Waals surface area contributed by atoms with E-state index >= 15 is 0 Å². The van der Waals surface area contributed by atoms with Gasteiger partial charge in [0.15, 0.2) is 0 Å². The third kappa shape index (κ3) is 2.96. The average molecular weight is 173 g/mol. The van der Waals surface area contributed by atoms with E-state index in [1.165, 1.54) is 0 Å². The molecule has 1 aromatic heterocycles. The molecule has 1 aromatic rings. The Hall–Kier alpha value is -0.450. The monoisotopic (exact) mass is 173 g/mol. The molecule has 0 aromatic carbocycles. The lowest BCUT2D eigenvalue weighted by molar-refractivity contribution is -0.0391. The highest BCUT2D eigenvalue weighted by Gasteiger charge is 1.96. The van der Waals surface area contributed by atoms with Crippen molar-refractivity contribution < 1.29 is 9.47 Å². The SMILES string of the molecule is COCOCc1nc(C)cs1. The predicted molar refractivity (Wildman–Crippen MR) is 43.5 cm³/mol. The van der Waals surface area contributed by atoms with Gasteiger partial charge in [-0.05, 0) is 6.92 Å². The molecular formula is C7H11NO2S. The van der Waals surface area contributed by atoms with E-state index in [4.69, 9.17) is 9.47 Å². The highest BCUT2D eigenvalue weighted by molar-refractivity contribution is 7.09. The van der Waals surface area contributed by atoms with E-state index in [2.05, 4.69) is 4.98 Å². The van der Waals surface area contributed by atoms with E-state index in [0.717, 1.165) is 10.7 Å². The average Bonchev–Trinajstić information content (AvgIpc) is 2.37. The second-order valence-electron chi connectivity index (χ2n) is 2.14. The minimum absolute atomic E-state index is 0.332. The molecular weight excluding hydrogens is 162 g/mol. The number of thiazole rings is 1. The van der Waals surface area contributed by atoms with Crippen molar-refractivity contribution >= 4 is 11.3 Å². The van der Waals surface area contributed by atoms with Crippen LogP contribution in [0.4, 0.5) is 0 Å². The molecule has 0 unspecified atom stereocenters. The Morgan fingerprint density at radius 3 is 3.00 bits per heavy atom. The van der Waals surface area contributed by atoms with Gasteiger partial charge in [0, 0.05) is 18.2 Å². The van der Waals surface area contributed by atoms with Crippen LogP contribution in [0.25, 0.3) is 0 Å². The fraction of sp³-hybridized carbons (Fsp3) is 0.571. The highest BCUT2D eigenvalue weighted by atomic mass is 32.1. The topological polar surface area (TPSA) is 31.4 Å². The summed E-state index contributed by atoms with van der Waals surface area (Å²) in [5, 5.41) is 3.01. The quantitative estimate of drug-likeness (QED) is 0.511. The predicted octanol–water partition coefficient (Wildman–Crippen LogP) is 1.57. The number of aromatic nitrogens is 1. The minimum Gasteiger partial charge on any atom is -0.359 e. The Morgan fingerprint density at radius 1 is 1.64 bits per heavy atom. The zero-order valence-corrected chi connectivity index (χ0v) is 7.48. The van der Waals surface area contributed by atoms with Gasteiger partial charge in [-0.15, -0.1) is 11.3 Å². The Balaban J connectivity index is 2.27. The molecule has 4 heteroatoms. The molecule has 1 heterocycles. The van der Waals surface area contributed by atoms with Gasteiger partial charge >= 0.3 is 0 Å². The number of hydrogen-bond acceptors (Lipinski definition) is 4. The third-order valence-corrected chi connectivity index (χ3v) is 2.03. The van der Waals surface area contributed by atoms with Crippen LogP contribution in [0.3, 0.4) is 0 Å². The van der Waals surface area contributed by atoms with Crippen molar-refractivity contribution in [2.24, 2.45) is 0 Å². The number of methoxy groups -OCH3 is 1. The molecule has 0 bridgehead atoms. The summed E-state index contributed by atoms with van der Waals surface area (Å²) >= 11 is 1.61. The van der Waals surface area contributed by atoms with Gasteiger partial charge < -0.3 is 9.47 Å². The van der Waals surface area contributed by atoms with E-state index in [-0.39, 0.29) is 0 Å². The van der Waals surface area contributed by atoms with Crippen molar-refractivity contribution in [2.45, 2.75) is 13.5 Å². The Morgan fingerprint density at radius 2 is 2.45 bits per heavy atom. The molecule has 0 amide bonds. The van der Waals surface area contributed by atoms with Crippen molar-refractivity contribution in [3.05, 3.63) is 16.1 Å². The van der Waals surface area contributed by atoms with Crippen molar-refractivity contribution in [3.63, 3.8) is 0 Å². The maximum Gasteiger partial charge on any atom is 0.146 e. The molecule has 0 fully saturated rings. The highest BCUT2D eigenvalue weighted by Crippen LogP contribution is 2.09. The summed E-state index contributed by atoms with van der Waals surface area (Å²) in [6.07, 6.45) is 0. The largest absolute Gasteiger partial charge is 0.359 e. The summed E-state index contributed by atoms with van der Waals surface area (Å²) < 4.78 is 9.83. The van der Waals surface area contributed by atoms with Crippen LogP contribution in [0.15, 0.2) is 5.38 Å². The normalized spacial score (nSPS) is 10.4. The Labute approximate surface area is 70.0 Å². The zero-order chi connectivity index (χ0) is 8.10. The van der Waals surface area contributed by atoms with E-state index in [1.807, 2.05) is 12.3 Å². The van der Waals surface area contributed by atoms with Crippen LogP contribution in [-0.2, 0) is 16.1 Å². The van der Waals surface area contributed by atoms with E-state index in [0.29, 0.717) is 13.4 Å². The van der Waals surface area contributed by atoms with Gasteiger partial charge in [0.05, 0.1) is 0 Å². The molecule has 62 valence electrons. The van der Waals surface area contributed by atoms with Crippen molar-refractivity contribution in [2.75, 3.05) is 13.9 Å². The number of nitrogens with zero attached hydrogens (tertiary/aromatic N) is 1. The van der Waals surface area contributed by atoms with Gasteiger partial charge in [-0.2, -0.15) is 0 Å². The van der Waals surface area contributed by atoms with Gasteiger partial charge in [0.1, 0.15) is 18.4 Å². The van der Waals surface area contributed by atoms with Gasteiger partial charge in [-0.25, -0.2) is 4.98 Å². The molecule has 11 heavy (non-hydrogen) atoms. The van der Waals surface area contributed by atoms with Crippen LogP contribution >= 0.6 is 11.3 Å². The summed E-state index contributed by atoms with van der Waals surface area (Å²) in [4.78, 5) is 4.22. The molecule has 0 radical (unpaired) electrons. The fourth-order valence-corrected chi connectivity index (χ4v) is 1.39. The first-order valence-corrected chi connectivity index (χ1v) is 4.18. The Bertz CT molecular complexity index is 212. The van der Waals surface area contributed by atoms with Crippen LogP contribution in [0.1, 0.15) is 10.7 Å². The first kappa shape index (κ1) is 8.64. The smallest absolute Gasteiger partial charge is 0.146 e. The zero-order valence-electron chi connectivity index (χ0n) is 6.66. The molecule has 0 aliphatic carbocycles. The maximum absolute atomic E-state index is 5.11. The van der Waals surface area contributed by atoms with Crippen molar-refractivity contribution in [1.82, 2.24) is 4.98 Å². The number of rotatable bonds is 4. The van der Waals surface area contributed by atoms with E-state index in [9.17, 15) is 0 Å². The molecule has 0 aliphatic rings. The van der Waals surface area contributed by atoms with Crippen LogP contribution in [0, 0.1) is 6.92 Å². The van der Waals surface area contributed by atoms with Crippen LogP contribution in [0.5, 0.6) is 0 Å². The van der Waals surface area contributed by atoms with Gasteiger partial charge in [0.2, 0.25) is 0 Å². The lowest BCUT2D eigenvalue weighted by Gasteiger charge is -1.97. The molecule has 0 spiro atoms. The second-order valence-corrected chi connectivity index (χ2v) is 3.08. The summed E-state index contributed by atoms with van der Waals surface area (Å²) in [5.41, 5.74) is 1.05. The summed E-state index contributed by atoms with van der Waals surface area (Å²) in [6.45, 7) is 2.85. The summed E-state index contributed by atoms with van der Waals surface area (Å²) in [7, 11) is 1.60. The number of hydrogen-bond donors (Lipinski definition) is 0. The van der Waals surface area contributed by atoms with Gasteiger partial charge in [-0.1, -0.05) is 0 Å². The minimum atomic E-state index is 0.332. The molecule has 1 rings (SSSR count). The Kier molecular flexibility index (Phi) is 3.48. The lowest BCUT2D eigenvalue weighted by Crippen LogP contribution is -1.96. The first-order valence-electron chi connectivity index (χ1n) is 3.30. The molecule has 0 atom stereocenters. The second kappa shape index (κ2) is 4.43. The number of ether oxygens (including phenoxy) is 2. The first-order chi connectivity index (χ1) is 5.33. The van der Waals surface area contributed by atoms with Crippen LogP contribution < -0.4 is 0 Å². The van der Waals surface area contributed by atoms with Crippen LogP contribution in [-0.4, -0.2) is 18.9 Å². The molecule has 0 N–H and O–H groups in total. The van der Waals surface area contributed by atoms with Gasteiger partial charge in [-0.3, -0.25) is 0 Å². The molecule has 0 aliphatic heterocycles. The van der Waals surface area contributed by atoms with E-state index in [1.54, 1.807) is 18.4 Å². The van der Waals surface area contributed by atoms with Crippen molar-refractivity contribution in [3.8, 4) is 0 Å². The summed E-state index contributed by atoms with van der Waals surface area (Å²) in [5.74, 6) is 0. The number of aryl methyl sites for hydroxylation is 1. The standard InChI is InChI=1S/C7H11NO2S/c1-6-4-11-7(8-6)3-10-5-9-2/h4H,3,5H2,1-2H3. The van der Waals surface area contributed by atoms with Crippen LogP contribution in [0.2, 0.25) is 0 Å². The molecule has 0 saturated heterocycles. The lowest BCUT2D eigenvalue weighted by atomic mass is 10.6. The molecule has 3 nitrogen and oxygen atoms in total. The third-order valence-electron chi connectivity index (χ3n) is 1.09. The van der Waals surface area contributed by atoms with Crippen molar-refractivity contribution in [1.29, 1.82) is 0 Å². The van der Waals surface area contributed by atoms with Gasteiger partial charge in [0.25, 0.3) is 0 Å². The fourth-order valence-electron chi connectivity index (χ4n) is 0.681. The maximum atomic E-state index is 5.11. The summed E-state index contributed by atoms with van der Waals surface area (Å²) in [6, 6.07) is 0.